The summed E-state index contributed by atoms with van der Waals surface area (Å²) < 4.78 is 0.844. The van der Waals surface area contributed by atoms with Gasteiger partial charge in [-0.1, -0.05) is 0 Å². The fraction of sp³-hybridized carbons (Fsp3) is 1.00. The third kappa shape index (κ3) is 23.2. The van der Waals surface area contributed by atoms with Crippen LogP contribution in [0.5, 0.6) is 0 Å². The maximum absolute atomic E-state index is 8.39. The van der Waals surface area contributed by atoms with E-state index in [2.05, 4.69) is 21.1 Å². The van der Waals surface area contributed by atoms with Gasteiger partial charge in [0.05, 0.1) is 59.7 Å². The van der Waals surface area contributed by atoms with Crippen molar-refractivity contribution in [3.05, 3.63) is 0 Å². The summed E-state index contributed by atoms with van der Waals surface area (Å²) in [5.41, 5.74) is 8.72. The molecule has 8 nitrogen and oxygen atoms in total. The molecule has 0 aromatic carbocycles. The molecule has 0 rings (SSSR count). The first-order chi connectivity index (χ1) is 8.66. The monoisotopic (exact) mass is 286 g/mol. The Morgan fingerprint density at radius 3 is 1.16 bits per heavy atom. The van der Waals surface area contributed by atoms with Crippen LogP contribution in [0.4, 0.5) is 0 Å². The summed E-state index contributed by atoms with van der Waals surface area (Å²) in [5, 5.41) is 41.2. The van der Waals surface area contributed by atoms with Gasteiger partial charge in [0, 0.05) is 6.54 Å². The summed E-state index contributed by atoms with van der Waals surface area (Å²) in [7, 11) is 6.16. The van der Waals surface area contributed by atoms with Crippen molar-refractivity contribution in [3.8, 4) is 0 Å². The maximum Gasteiger partial charge on any atom is 0.101 e. The highest BCUT2D eigenvalue weighted by molar-refractivity contribution is 4.80. The number of aliphatic hydroxyl groups is 5. The van der Waals surface area contributed by atoms with Crippen LogP contribution in [0, 0.1) is 0 Å². The van der Waals surface area contributed by atoms with Crippen molar-refractivity contribution >= 4 is 0 Å². The molecule has 0 fully saturated rings. The number of hydrogen-bond donors (Lipinski definition) is 7. The Bertz CT molecular complexity index is 162. The van der Waals surface area contributed by atoms with Gasteiger partial charge in [-0.15, -0.1) is 0 Å². The number of hydrogen-bond acceptors (Lipinski definition) is 7. The lowest BCUT2D eigenvalue weighted by molar-refractivity contribution is -0.870. The molecule has 0 radical (unpaired) electrons. The van der Waals surface area contributed by atoms with E-state index in [9.17, 15) is 0 Å². The lowest BCUT2D eigenvalue weighted by Gasteiger charge is -2.21. The number of nitrogens with zero attached hydrogens (tertiary/aromatic N) is 1. The molecular weight excluding hydrogens is 254 g/mol. The zero-order valence-corrected chi connectivity index (χ0v) is 12.3. The van der Waals surface area contributed by atoms with E-state index in [1.54, 1.807) is 0 Å². The first-order valence-electron chi connectivity index (χ1n) is 6.00. The van der Waals surface area contributed by atoms with E-state index in [1.807, 2.05) is 0 Å². The Labute approximate surface area is 115 Å². The molecule has 0 aliphatic rings. The van der Waals surface area contributed by atoms with Crippen LogP contribution >= 0.6 is 0 Å². The smallest absolute Gasteiger partial charge is 0.101 e. The summed E-state index contributed by atoms with van der Waals surface area (Å²) in [6.45, 7) is 0.378. The van der Waals surface area contributed by atoms with Crippen molar-refractivity contribution in [2.75, 3.05) is 67.3 Å². The van der Waals surface area contributed by atoms with Gasteiger partial charge in [0.1, 0.15) is 6.54 Å². The molecule has 19 heavy (non-hydrogen) atoms. The van der Waals surface area contributed by atoms with Crippen molar-refractivity contribution in [1.82, 2.24) is 0 Å². The standard InChI is InChI=1S/C5H14NO.C4H11NO3.C2H7NO/c1-6(2,3)4-5-7;5-4(1-6,2-7)3-8;3-1-2-4/h7H,4-5H2,1-3H3;6-8H,1-3,5H2;4H,1-3H2/q+1;;. The van der Waals surface area contributed by atoms with Gasteiger partial charge in [-0.2, -0.15) is 0 Å². The van der Waals surface area contributed by atoms with Crippen LogP contribution < -0.4 is 11.5 Å². The predicted molar refractivity (Wildman–Crippen MR) is 74.3 cm³/mol. The molecule has 0 saturated carbocycles. The summed E-state index contributed by atoms with van der Waals surface area (Å²) in [6.07, 6.45) is 0. The summed E-state index contributed by atoms with van der Waals surface area (Å²) in [6, 6.07) is 0. The molecule has 0 bridgehead atoms. The van der Waals surface area contributed by atoms with E-state index in [0.29, 0.717) is 6.54 Å². The molecule has 0 saturated heterocycles. The van der Waals surface area contributed by atoms with Crippen LogP contribution in [0.15, 0.2) is 0 Å². The largest absolute Gasteiger partial charge is 0.395 e. The molecule has 0 aliphatic carbocycles. The van der Waals surface area contributed by atoms with Crippen molar-refractivity contribution in [2.24, 2.45) is 11.5 Å². The van der Waals surface area contributed by atoms with Crippen LogP contribution in [0.1, 0.15) is 0 Å². The van der Waals surface area contributed by atoms with Gasteiger partial charge in [0.15, 0.2) is 0 Å². The number of nitrogens with two attached hydrogens (primary N) is 2. The van der Waals surface area contributed by atoms with E-state index >= 15 is 0 Å². The summed E-state index contributed by atoms with van der Waals surface area (Å²) in [5.74, 6) is 0. The molecule has 0 atom stereocenters. The minimum Gasteiger partial charge on any atom is -0.395 e. The van der Waals surface area contributed by atoms with Gasteiger partial charge in [0.2, 0.25) is 0 Å². The molecule has 9 N–H and O–H groups in total. The molecule has 0 heterocycles. The highest BCUT2D eigenvalue weighted by Crippen LogP contribution is 1.93. The second kappa shape index (κ2) is 14.1. The third-order valence-corrected chi connectivity index (χ3v) is 1.84. The lowest BCUT2D eigenvalue weighted by atomic mass is 10.1. The van der Waals surface area contributed by atoms with Crippen LogP contribution in [0.25, 0.3) is 0 Å². The van der Waals surface area contributed by atoms with Crippen LogP contribution in [-0.2, 0) is 0 Å². The number of quaternary nitrogens is 1. The van der Waals surface area contributed by atoms with E-state index < -0.39 is 25.4 Å². The van der Waals surface area contributed by atoms with E-state index in [0.717, 1.165) is 11.0 Å². The van der Waals surface area contributed by atoms with Gasteiger partial charge in [-0.25, -0.2) is 0 Å². The SMILES string of the molecule is C[N+](C)(C)CCO.NC(CO)(CO)CO.NCCO. The van der Waals surface area contributed by atoms with E-state index in [4.69, 9.17) is 37.0 Å². The fourth-order valence-corrected chi connectivity index (χ4v) is 0.450. The van der Waals surface area contributed by atoms with Gasteiger partial charge >= 0.3 is 0 Å². The zero-order chi connectivity index (χ0) is 15.9. The third-order valence-electron chi connectivity index (χ3n) is 1.84. The minimum absolute atomic E-state index is 0.0972. The summed E-state index contributed by atoms with van der Waals surface area (Å²) >= 11 is 0. The minimum atomic E-state index is -1.21. The van der Waals surface area contributed by atoms with Gasteiger partial charge < -0.3 is 41.5 Å². The number of likely N-dealkylation sites (N-methyl/N-ethyl adjacent to an activating group) is 1. The Hall–Kier alpha value is -0.320. The average Bonchev–Trinajstić information content (AvgIpc) is 2.37. The van der Waals surface area contributed by atoms with Crippen molar-refractivity contribution in [2.45, 2.75) is 5.54 Å². The van der Waals surface area contributed by atoms with Crippen LogP contribution in [0.2, 0.25) is 0 Å². The first-order valence-corrected chi connectivity index (χ1v) is 6.00. The Morgan fingerprint density at radius 1 is 0.842 bits per heavy atom. The molecule has 0 amide bonds. The summed E-state index contributed by atoms with van der Waals surface area (Å²) in [4.78, 5) is 0. The van der Waals surface area contributed by atoms with Gasteiger partial charge in [-0.05, 0) is 0 Å². The Balaban J connectivity index is -0.000000214. The highest BCUT2D eigenvalue weighted by atomic mass is 16.3. The van der Waals surface area contributed by atoms with Gasteiger partial charge in [0.25, 0.3) is 0 Å². The molecule has 0 aliphatic heterocycles. The number of rotatable bonds is 6. The molecule has 0 unspecified atom stereocenters. The predicted octanol–water partition coefficient (Wildman–Crippen LogP) is -3.72. The average molecular weight is 286 g/mol. The Morgan fingerprint density at radius 2 is 1.16 bits per heavy atom. The zero-order valence-electron chi connectivity index (χ0n) is 12.3. The second-order valence-electron chi connectivity index (χ2n) is 5.09. The quantitative estimate of drug-likeness (QED) is 0.248. The van der Waals surface area contributed by atoms with Crippen molar-refractivity contribution in [3.63, 3.8) is 0 Å². The molecule has 0 aromatic heterocycles. The molecule has 8 heteroatoms. The normalized spacial score (nSPS) is 11.1. The van der Waals surface area contributed by atoms with E-state index in [1.165, 1.54) is 0 Å². The molecule has 0 aromatic rings. The molecule has 0 spiro atoms. The second-order valence-corrected chi connectivity index (χ2v) is 5.09. The van der Waals surface area contributed by atoms with Crippen molar-refractivity contribution < 1.29 is 30.0 Å². The van der Waals surface area contributed by atoms with Gasteiger partial charge in [-0.3, -0.25) is 0 Å². The molecule has 120 valence electrons. The number of aliphatic hydroxyl groups excluding tert-OH is 5. The first kappa shape index (κ1) is 23.7. The highest BCUT2D eigenvalue weighted by Gasteiger charge is 2.20. The fourth-order valence-electron chi connectivity index (χ4n) is 0.450. The Kier molecular flexibility index (Phi) is 17.6. The maximum atomic E-state index is 8.39. The van der Waals surface area contributed by atoms with Crippen LogP contribution in [-0.4, -0.2) is 103 Å². The topological polar surface area (TPSA) is 153 Å². The van der Waals surface area contributed by atoms with Crippen molar-refractivity contribution in [1.29, 1.82) is 0 Å². The lowest BCUT2D eigenvalue weighted by Crippen LogP contribution is -2.50. The molecular formula is C11H32N3O5+. The van der Waals surface area contributed by atoms with Crippen LogP contribution in [0.3, 0.4) is 0 Å². The van der Waals surface area contributed by atoms with E-state index in [-0.39, 0.29) is 13.2 Å².